The van der Waals surface area contributed by atoms with Crippen LogP contribution in [0.15, 0.2) is 77.2 Å². The average Bonchev–Trinajstić information content (AvgIpc) is 3.14. The number of hydrogen-bond donors (Lipinski definition) is 2. The van der Waals surface area contributed by atoms with Crippen LogP contribution in [0.3, 0.4) is 0 Å². The van der Waals surface area contributed by atoms with Gasteiger partial charge in [-0.2, -0.15) is 0 Å². The summed E-state index contributed by atoms with van der Waals surface area (Å²) in [5.74, 6) is 0.757. The molecule has 156 valence electrons. The zero-order chi connectivity index (χ0) is 21.6. The van der Waals surface area contributed by atoms with Crippen molar-refractivity contribution in [3.63, 3.8) is 0 Å². The second-order valence-electron chi connectivity index (χ2n) is 7.27. The minimum atomic E-state index is -0.200. The smallest absolute Gasteiger partial charge is 0.226 e. The summed E-state index contributed by atoms with van der Waals surface area (Å²) < 4.78 is 5.69. The van der Waals surface area contributed by atoms with Crippen LogP contribution in [-0.4, -0.2) is 23.3 Å². The van der Waals surface area contributed by atoms with Gasteiger partial charge in [0.1, 0.15) is 5.76 Å². The summed E-state index contributed by atoms with van der Waals surface area (Å²) in [6, 6.07) is 23.3. The molecule has 1 heterocycles. The highest BCUT2D eigenvalue weighted by Crippen LogP contribution is 2.22. The van der Waals surface area contributed by atoms with Crippen LogP contribution < -0.4 is 10.6 Å². The Morgan fingerprint density at radius 1 is 0.903 bits per heavy atom. The van der Waals surface area contributed by atoms with E-state index >= 15 is 0 Å². The van der Waals surface area contributed by atoms with E-state index in [0.717, 1.165) is 22.0 Å². The van der Waals surface area contributed by atoms with Gasteiger partial charge in [-0.3, -0.25) is 9.59 Å². The number of aromatic nitrogens is 1. The first-order valence-corrected chi connectivity index (χ1v) is 10.2. The number of carbonyl (C=O) groups excluding carboxylic acids is 2. The third-order valence-electron chi connectivity index (χ3n) is 4.95. The lowest BCUT2D eigenvalue weighted by Crippen LogP contribution is -2.29. The molecule has 0 bridgehead atoms. The van der Waals surface area contributed by atoms with Gasteiger partial charge in [-0.05, 0) is 42.0 Å². The van der Waals surface area contributed by atoms with Crippen molar-refractivity contribution in [3.05, 3.63) is 84.3 Å². The van der Waals surface area contributed by atoms with E-state index in [1.54, 1.807) is 6.92 Å². The predicted molar refractivity (Wildman–Crippen MR) is 121 cm³/mol. The molecule has 4 aromatic rings. The lowest BCUT2D eigenvalue weighted by atomic mass is 10.1. The van der Waals surface area contributed by atoms with Crippen molar-refractivity contribution < 1.29 is 14.0 Å². The fourth-order valence-electron chi connectivity index (χ4n) is 3.32. The lowest BCUT2D eigenvalue weighted by Gasteiger charge is -2.07. The summed E-state index contributed by atoms with van der Waals surface area (Å²) in [5.41, 5.74) is 2.20. The number of anilines is 1. The number of carbonyl (C=O) groups is 2. The van der Waals surface area contributed by atoms with Gasteiger partial charge in [0.25, 0.3) is 0 Å². The van der Waals surface area contributed by atoms with Crippen molar-refractivity contribution in [3.8, 4) is 11.5 Å². The normalized spacial score (nSPS) is 10.7. The highest BCUT2D eigenvalue weighted by molar-refractivity contribution is 5.94. The zero-order valence-electron chi connectivity index (χ0n) is 17.2. The van der Waals surface area contributed by atoms with E-state index in [4.69, 9.17) is 4.42 Å². The number of nitrogens with zero attached hydrogens (tertiary/aromatic N) is 1. The Kier molecular flexibility index (Phi) is 6.08. The number of nitrogens with one attached hydrogen (secondary N) is 2. The molecule has 0 saturated heterocycles. The van der Waals surface area contributed by atoms with E-state index in [1.807, 2.05) is 72.8 Å². The first-order valence-electron chi connectivity index (χ1n) is 10.2. The number of aryl methyl sites for hydroxylation is 1. The van der Waals surface area contributed by atoms with Crippen LogP contribution in [0.2, 0.25) is 0 Å². The van der Waals surface area contributed by atoms with Gasteiger partial charge in [0.05, 0.1) is 12.1 Å². The molecule has 0 fully saturated rings. The Bertz CT molecular complexity index is 1220. The molecular formula is C25H23N3O3. The van der Waals surface area contributed by atoms with Gasteiger partial charge in [0, 0.05) is 24.2 Å². The summed E-state index contributed by atoms with van der Waals surface area (Å²) in [7, 11) is 0. The topological polar surface area (TPSA) is 84.2 Å². The molecule has 0 aliphatic carbocycles. The molecule has 2 amide bonds. The average molecular weight is 413 g/mol. The second-order valence-corrected chi connectivity index (χ2v) is 7.27. The minimum absolute atomic E-state index is 0.106. The molecule has 2 N–H and O–H groups in total. The minimum Gasteiger partial charge on any atom is -0.441 e. The first-order chi connectivity index (χ1) is 15.1. The molecule has 0 aliphatic rings. The van der Waals surface area contributed by atoms with Gasteiger partial charge in [0.2, 0.25) is 17.7 Å². The van der Waals surface area contributed by atoms with Crippen molar-refractivity contribution in [2.75, 3.05) is 11.9 Å². The molecule has 1 aromatic heterocycles. The second kappa shape index (κ2) is 9.26. The van der Waals surface area contributed by atoms with Crippen molar-refractivity contribution in [2.45, 2.75) is 19.8 Å². The van der Waals surface area contributed by atoms with Gasteiger partial charge in [0.15, 0.2) is 0 Å². The molecule has 0 radical (unpaired) electrons. The van der Waals surface area contributed by atoms with E-state index < -0.39 is 0 Å². The van der Waals surface area contributed by atoms with Crippen molar-refractivity contribution in [2.24, 2.45) is 0 Å². The molecule has 0 spiro atoms. The Balaban J connectivity index is 1.26. The van der Waals surface area contributed by atoms with Crippen molar-refractivity contribution in [1.29, 1.82) is 0 Å². The highest BCUT2D eigenvalue weighted by Gasteiger charge is 2.14. The van der Waals surface area contributed by atoms with E-state index in [0.29, 0.717) is 17.3 Å². The molecule has 0 aliphatic heterocycles. The Labute approximate surface area is 180 Å². The standard InChI is InChI=1S/C25H23N3O3/c1-17-22(28-25(31-17)19-8-3-2-4-9-19)16-24(30)26-14-13-23(29)27-21-12-11-18-7-5-6-10-20(18)15-21/h2-12,15H,13-14,16H2,1H3,(H,26,30)(H,27,29). The molecule has 0 unspecified atom stereocenters. The van der Waals surface area contributed by atoms with Gasteiger partial charge in [-0.1, -0.05) is 48.5 Å². The fraction of sp³-hybridized carbons (Fsp3) is 0.160. The lowest BCUT2D eigenvalue weighted by molar-refractivity contribution is -0.120. The number of amides is 2. The van der Waals surface area contributed by atoms with Crippen LogP contribution in [0.4, 0.5) is 5.69 Å². The van der Waals surface area contributed by atoms with E-state index in [-0.39, 0.29) is 31.2 Å². The third-order valence-corrected chi connectivity index (χ3v) is 4.95. The van der Waals surface area contributed by atoms with E-state index in [1.165, 1.54) is 0 Å². The Morgan fingerprint density at radius 2 is 1.65 bits per heavy atom. The van der Waals surface area contributed by atoms with Gasteiger partial charge < -0.3 is 15.1 Å². The van der Waals surface area contributed by atoms with Crippen LogP contribution in [0.5, 0.6) is 0 Å². The van der Waals surface area contributed by atoms with Gasteiger partial charge in [-0.15, -0.1) is 0 Å². The Morgan fingerprint density at radius 3 is 2.45 bits per heavy atom. The van der Waals surface area contributed by atoms with Gasteiger partial charge >= 0.3 is 0 Å². The maximum Gasteiger partial charge on any atom is 0.226 e. The van der Waals surface area contributed by atoms with E-state index in [2.05, 4.69) is 15.6 Å². The summed E-state index contributed by atoms with van der Waals surface area (Å²) in [5, 5.41) is 7.82. The molecule has 0 atom stereocenters. The van der Waals surface area contributed by atoms with Crippen LogP contribution in [0.25, 0.3) is 22.2 Å². The maximum absolute atomic E-state index is 12.3. The number of oxazole rings is 1. The molecule has 0 saturated carbocycles. The Hall–Kier alpha value is -3.93. The summed E-state index contributed by atoms with van der Waals surface area (Å²) in [6.45, 7) is 2.04. The third kappa shape index (κ3) is 5.17. The SMILES string of the molecule is Cc1oc(-c2ccccc2)nc1CC(=O)NCCC(=O)Nc1ccc2ccccc2c1. The molecule has 3 aromatic carbocycles. The van der Waals surface area contributed by atoms with Crippen LogP contribution >= 0.6 is 0 Å². The monoisotopic (exact) mass is 413 g/mol. The van der Waals surface area contributed by atoms with Crippen LogP contribution in [0, 0.1) is 6.92 Å². The number of fused-ring (bicyclic) bond motifs is 1. The summed E-state index contributed by atoms with van der Waals surface area (Å²) >= 11 is 0. The number of benzene rings is 3. The number of rotatable bonds is 7. The molecule has 31 heavy (non-hydrogen) atoms. The summed E-state index contributed by atoms with van der Waals surface area (Å²) in [6.07, 6.45) is 0.292. The largest absolute Gasteiger partial charge is 0.441 e. The molecule has 4 rings (SSSR count). The van der Waals surface area contributed by atoms with Crippen molar-refractivity contribution >= 4 is 28.3 Å². The van der Waals surface area contributed by atoms with Gasteiger partial charge in [-0.25, -0.2) is 4.98 Å². The molecular weight excluding hydrogens is 390 g/mol. The predicted octanol–water partition coefficient (Wildman–Crippen LogP) is 4.49. The van der Waals surface area contributed by atoms with Crippen LogP contribution in [0.1, 0.15) is 17.9 Å². The fourth-order valence-corrected chi connectivity index (χ4v) is 3.32. The summed E-state index contributed by atoms with van der Waals surface area (Å²) in [4.78, 5) is 28.9. The van der Waals surface area contributed by atoms with Crippen molar-refractivity contribution in [1.82, 2.24) is 10.3 Å². The number of hydrogen-bond acceptors (Lipinski definition) is 4. The first kappa shape index (κ1) is 20.3. The molecule has 6 heteroatoms. The quantitative estimate of drug-likeness (QED) is 0.468. The highest BCUT2D eigenvalue weighted by atomic mass is 16.4. The zero-order valence-corrected chi connectivity index (χ0v) is 17.2. The molecule has 6 nitrogen and oxygen atoms in total. The maximum atomic E-state index is 12.3. The van der Waals surface area contributed by atoms with Crippen LogP contribution in [-0.2, 0) is 16.0 Å². The van der Waals surface area contributed by atoms with E-state index in [9.17, 15) is 9.59 Å².